The molecule has 3 N–H and O–H groups in total. The van der Waals surface area contributed by atoms with E-state index in [1.807, 2.05) is 0 Å². The molecule has 0 saturated carbocycles. The molecule has 0 aromatic heterocycles. The number of rotatable bonds is 1. The normalized spacial score (nSPS) is 10.3. The third-order valence-electron chi connectivity index (χ3n) is 1.43. The molecule has 12 heavy (non-hydrogen) atoms. The molecule has 66 valence electrons. The lowest BCUT2D eigenvalue weighted by atomic mass is 10.2. The summed E-state index contributed by atoms with van der Waals surface area (Å²) in [6, 6.07) is 0.365. The standard InChI is InChI=1S/C7H6F3NO/c8-4-1-5(12)7(10)3(2-11)6(4)9/h1,12H,2,11H2. The molecule has 1 rings (SSSR count). The highest BCUT2D eigenvalue weighted by Gasteiger charge is 2.16. The van der Waals surface area contributed by atoms with Gasteiger partial charge in [0.15, 0.2) is 23.2 Å². The number of halogens is 3. The molecule has 0 aliphatic rings. The van der Waals surface area contributed by atoms with Gasteiger partial charge in [0.05, 0.1) is 0 Å². The van der Waals surface area contributed by atoms with Gasteiger partial charge in [0.2, 0.25) is 0 Å². The van der Waals surface area contributed by atoms with Crippen molar-refractivity contribution in [1.29, 1.82) is 0 Å². The highest BCUT2D eigenvalue weighted by molar-refractivity contribution is 5.32. The number of phenolic OH excluding ortho intramolecular Hbond substituents is 1. The van der Waals surface area contributed by atoms with E-state index in [0.29, 0.717) is 6.07 Å². The quantitative estimate of drug-likeness (QED) is 0.634. The van der Waals surface area contributed by atoms with Crippen LogP contribution in [-0.4, -0.2) is 5.11 Å². The third kappa shape index (κ3) is 1.23. The number of aromatic hydroxyl groups is 1. The Morgan fingerprint density at radius 3 is 2.33 bits per heavy atom. The summed E-state index contributed by atoms with van der Waals surface area (Å²) in [5, 5.41) is 8.70. The molecule has 2 nitrogen and oxygen atoms in total. The van der Waals surface area contributed by atoms with Gasteiger partial charge in [-0.2, -0.15) is 0 Å². The topological polar surface area (TPSA) is 46.2 Å². The van der Waals surface area contributed by atoms with E-state index in [1.165, 1.54) is 0 Å². The van der Waals surface area contributed by atoms with Gasteiger partial charge in [-0.1, -0.05) is 0 Å². The zero-order chi connectivity index (χ0) is 9.30. The van der Waals surface area contributed by atoms with Crippen LogP contribution in [-0.2, 0) is 6.54 Å². The van der Waals surface area contributed by atoms with Crippen molar-refractivity contribution in [2.24, 2.45) is 5.73 Å². The van der Waals surface area contributed by atoms with Crippen LogP contribution in [0.5, 0.6) is 5.75 Å². The van der Waals surface area contributed by atoms with E-state index in [2.05, 4.69) is 0 Å². The van der Waals surface area contributed by atoms with Gasteiger partial charge in [0.25, 0.3) is 0 Å². The summed E-state index contributed by atoms with van der Waals surface area (Å²) in [6.45, 7) is -0.497. The molecule has 5 heteroatoms. The van der Waals surface area contributed by atoms with E-state index in [9.17, 15) is 13.2 Å². The Kier molecular flexibility index (Phi) is 2.23. The molecule has 0 radical (unpaired) electrons. The van der Waals surface area contributed by atoms with Crippen molar-refractivity contribution in [1.82, 2.24) is 0 Å². The van der Waals surface area contributed by atoms with Crippen LogP contribution in [0.15, 0.2) is 6.07 Å². The van der Waals surface area contributed by atoms with Gasteiger partial charge in [-0.15, -0.1) is 0 Å². The van der Waals surface area contributed by atoms with Crippen molar-refractivity contribution in [3.05, 3.63) is 29.1 Å². The lowest BCUT2D eigenvalue weighted by Gasteiger charge is -2.03. The van der Waals surface area contributed by atoms with Crippen molar-refractivity contribution >= 4 is 0 Å². The maximum Gasteiger partial charge on any atom is 0.172 e. The molecule has 0 saturated heterocycles. The first-order valence-electron chi connectivity index (χ1n) is 3.13. The van der Waals surface area contributed by atoms with Crippen LogP contribution in [0.25, 0.3) is 0 Å². The Hall–Kier alpha value is -1.23. The Morgan fingerprint density at radius 2 is 1.83 bits per heavy atom. The van der Waals surface area contributed by atoms with E-state index in [-0.39, 0.29) is 0 Å². The van der Waals surface area contributed by atoms with Crippen molar-refractivity contribution in [2.75, 3.05) is 0 Å². The lowest BCUT2D eigenvalue weighted by Crippen LogP contribution is -2.05. The largest absolute Gasteiger partial charge is 0.505 e. The van der Waals surface area contributed by atoms with Crippen LogP contribution in [0.1, 0.15) is 5.56 Å². The van der Waals surface area contributed by atoms with Gasteiger partial charge in [-0.3, -0.25) is 0 Å². The second-order valence-electron chi connectivity index (χ2n) is 2.19. The fourth-order valence-corrected chi connectivity index (χ4v) is 0.821. The zero-order valence-corrected chi connectivity index (χ0v) is 5.94. The summed E-state index contributed by atoms with van der Waals surface area (Å²) in [4.78, 5) is 0. The van der Waals surface area contributed by atoms with Crippen molar-refractivity contribution in [3.8, 4) is 5.75 Å². The van der Waals surface area contributed by atoms with Crippen LogP contribution >= 0.6 is 0 Å². The van der Waals surface area contributed by atoms with Gasteiger partial charge < -0.3 is 10.8 Å². The van der Waals surface area contributed by atoms with Gasteiger partial charge in [-0.25, -0.2) is 13.2 Å². The molecule has 0 unspecified atom stereocenters. The summed E-state index contributed by atoms with van der Waals surface area (Å²) >= 11 is 0. The van der Waals surface area contributed by atoms with Crippen molar-refractivity contribution in [2.45, 2.75) is 6.54 Å². The first kappa shape index (κ1) is 8.86. The lowest BCUT2D eigenvalue weighted by molar-refractivity contribution is 0.405. The molecule has 0 bridgehead atoms. The van der Waals surface area contributed by atoms with Gasteiger partial charge >= 0.3 is 0 Å². The van der Waals surface area contributed by atoms with E-state index in [1.54, 1.807) is 0 Å². The van der Waals surface area contributed by atoms with E-state index in [0.717, 1.165) is 0 Å². The van der Waals surface area contributed by atoms with Crippen molar-refractivity contribution < 1.29 is 18.3 Å². The summed E-state index contributed by atoms with van der Waals surface area (Å²) < 4.78 is 37.8. The van der Waals surface area contributed by atoms with Crippen LogP contribution < -0.4 is 5.73 Å². The summed E-state index contributed by atoms with van der Waals surface area (Å²) in [7, 11) is 0. The van der Waals surface area contributed by atoms with Crippen LogP contribution in [0.3, 0.4) is 0 Å². The molecule has 0 spiro atoms. The fraction of sp³-hybridized carbons (Fsp3) is 0.143. The molecule has 0 aliphatic heterocycles. The predicted octanol–water partition coefficient (Wildman–Crippen LogP) is 1.27. The van der Waals surface area contributed by atoms with E-state index < -0.39 is 35.3 Å². The average molecular weight is 177 g/mol. The molecule has 0 fully saturated rings. The minimum Gasteiger partial charge on any atom is -0.505 e. The fourth-order valence-electron chi connectivity index (χ4n) is 0.821. The van der Waals surface area contributed by atoms with E-state index in [4.69, 9.17) is 10.8 Å². The summed E-state index contributed by atoms with van der Waals surface area (Å²) in [5.41, 5.74) is 4.29. The first-order chi connectivity index (χ1) is 5.57. The number of phenols is 1. The highest BCUT2D eigenvalue weighted by atomic mass is 19.2. The Balaban J connectivity index is 3.42. The molecule has 1 aromatic rings. The maximum atomic E-state index is 12.7. The molecule has 0 heterocycles. The molecule has 0 aliphatic carbocycles. The van der Waals surface area contributed by atoms with Crippen LogP contribution in [0, 0.1) is 17.5 Å². The van der Waals surface area contributed by atoms with Gasteiger partial charge in [0.1, 0.15) is 0 Å². The van der Waals surface area contributed by atoms with Crippen molar-refractivity contribution in [3.63, 3.8) is 0 Å². The van der Waals surface area contributed by atoms with Crippen LogP contribution in [0.2, 0.25) is 0 Å². The van der Waals surface area contributed by atoms with Gasteiger partial charge in [-0.05, 0) is 0 Å². The highest BCUT2D eigenvalue weighted by Crippen LogP contribution is 2.23. The van der Waals surface area contributed by atoms with Crippen LogP contribution in [0.4, 0.5) is 13.2 Å². The molecule has 0 atom stereocenters. The molecular weight excluding hydrogens is 171 g/mol. The Bertz CT molecular complexity index is 288. The SMILES string of the molecule is NCc1c(F)c(O)cc(F)c1F. The monoisotopic (exact) mass is 177 g/mol. The Labute approximate surface area is 66.4 Å². The number of nitrogens with two attached hydrogens (primary N) is 1. The first-order valence-corrected chi connectivity index (χ1v) is 3.13. The number of benzene rings is 1. The molecular formula is C7H6F3NO. The summed E-state index contributed by atoms with van der Waals surface area (Å²) in [6.07, 6.45) is 0. The third-order valence-corrected chi connectivity index (χ3v) is 1.43. The zero-order valence-electron chi connectivity index (χ0n) is 5.94. The summed E-state index contributed by atoms with van der Waals surface area (Å²) in [5.74, 6) is -4.81. The minimum absolute atomic E-state index is 0.365. The second-order valence-corrected chi connectivity index (χ2v) is 2.19. The molecule has 1 aromatic carbocycles. The number of hydrogen-bond donors (Lipinski definition) is 2. The average Bonchev–Trinajstić information content (AvgIpc) is 2.02. The molecule has 0 amide bonds. The second kappa shape index (κ2) is 3.02. The van der Waals surface area contributed by atoms with Gasteiger partial charge in [0, 0.05) is 18.2 Å². The Morgan fingerprint density at radius 1 is 1.25 bits per heavy atom. The predicted molar refractivity (Wildman–Crippen MR) is 35.9 cm³/mol. The smallest absolute Gasteiger partial charge is 0.172 e. The maximum absolute atomic E-state index is 12.7. The minimum atomic E-state index is -1.35. The van der Waals surface area contributed by atoms with E-state index >= 15 is 0 Å². The number of hydrogen-bond acceptors (Lipinski definition) is 2.